The van der Waals surface area contributed by atoms with Crippen LogP contribution < -0.4 is 10.6 Å². The van der Waals surface area contributed by atoms with Crippen LogP contribution in [0, 0.1) is 0 Å². The van der Waals surface area contributed by atoms with Gasteiger partial charge in [-0.1, -0.05) is 25.1 Å². The molecule has 2 atom stereocenters. The lowest BCUT2D eigenvalue weighted by Gasteiger charge is -2.19. The van der Waals surface area contributed by atoms with Gasteiger partial charge in [0.2, 0.25) is 5.91 Å². The Morgan fingerprint density at radius 2 is 2.23 bits per heavy atom. The van der Waals surface area contributed by atoms with Gasteiger partial charge in [-0.15, -0.1) is 0 Å². The Labute approximate surface area is 128 Å². The predicted octanol–water partition coefficient (Wildman–Crippen LogP) is 3.07. The van der Waals surface area contributed by atoms with Crippen molar-refractivity contribution in [3.8, 4) is 0 Å². The van der Waals surface area contributed by atoms with E-state index in [1.54, 1.807) is 13.0 Å². The van der Waals surface area contributed by atoms with Gasteiger partial charge in [-0.25, -0.2) is 0 Å². The topological polar surface area (TPSA) is 41.1 Å². The van der Waals surface area contributed by atoms with Crippen molar-refractivity contribution >= 4 is 5.91 Å². The average molecular weight is 314 g/mol. The molecule has 1 aromatic carbocycles. The minimum atomic E-state index is -4.39. The number of halogens is 3. The third-order valence-corrected chi connectivity index (χ3v) is 4.03. The number of hydrogen-bond acceptors (Lipinski definition) is 2. The molecule has 122 valence electrons. The van der Waals surface area contributed by atoms with Crippen molar-refractivity contribution < 1.29 is 18.0 Å². The van der Waals surface area contributed by atoms with Crippen LogP contribution in [0.15, 0.2) is 24.3 Å². The molecule has 1 aliphatic rings. The first kappa shape index (κ1) is 16.8. The predicted molar refractivity (Wildman–Crippen MR) is 78.5 cm³/mol. The summed E-state index contributed by atoms with van der Waals surface area (Å²) in [6, 6.07) is 5.30. The van der Waals surface area contributed by atoms with Gasteiger partial charge in [-0.2, -0.15) is 13.2 Å². The summed E-state index contributed by atoms with van der Waals surface area (Å²) in [5, 5.41) is 6.12. The highest BCUT2D eigenvalue weighted by Gasteiger charge is 2.31. The lowest BCUT2D eigenvalue weighted by Crippen LogP contribution is -2.39. The first-order valence-electron chi connectivity index (χ1n) is 7.60. The van der Waals surface area contributed by atoms with Crippen LogP contribution in [0.2, 0.25) is 0 Å². The van der Waals surface area contributed by atoms with Crippen LogP contribution in [0.3, 0.4) is 0 Å². The number of benzene rings is 1. The zero-order chi connectivity index (χ0) is 16.2. The van der Waals surface area contributed by atoms with Crippen LogP contribution >= 0.6 is 0 Å². The van der Waals surface area contributed by atoms with E-state index in [4.69, 9.17) is 0 Å². The summed E-state index contributed by atoms with van der Waals surface area (Å²) in [7, 11) is 0. The zero-order valence-electron chi connectivity index (χ0n) is 12.5. The molecular formula is C16H21F3N2O. The molecule has 3 nitrogen and oxygen atoms in total. The maximum atomic E-state index is 12.8. The van der Waals surface area contributed by atoms with Crippen molar-refractivity contribution in [3.63, 3.8) is 0 Å². The molecule has 1 heterocycles. The molecule has 6 heteroatoms. The molecule has 2 unspecified atom stereocenters. The Morgan fingerprint density at radius 1 is 1.45 bits per heavy atom. The number of carbonyl (C=O) groups is 1. The quantitative estimate of drug-likeness (QED) is 0.877. The Balaban J connectivity index is 2.05. The summed E-state index contributed by atoms with van der Waals surface area (Å²) < 4.78 is 38.3. The second kappa shape index (κ2) is 7.13. The van der Waals surface area contributed by atoms with Crippen molar-refractivity contribution in [2.75, 3.05) is 13.1 Å². The fraction of sp³-hybridized carbons (Fsp3) is 0.562. The van der Waals surface area contributed by atoms with Gasteiger partial charge in [0, 0.05) is 12.6 Å². The van der Waals surface area contributed by atoms with Gasteiger partial charge in [0.1, 0.15) is 0 Å². The second-order valence-electron chi connectivity index (χ2n) is 5.62. The van der Waals surface area contributed by atoms with E-state index < -0.39 is 17.7 Å². The molecule has 0 aliphatic carbocycles. The van der Waals surface area contributed by atoms with Gasteiger partial charge in [0.15, 0.2) is 0 Å². The van der Waals surface area contributed by atoms with Gasteiger partial charge in [-0.05, 0) is 37.4 Å². The molecular weight excluding hydrogens is 293 g/mol. The zero-order valence-corrected chi connectivity index (χ0v) is 12.5. The molecule has 1 saturated heterocycles. The van der Waals surface area contributed by atoms with Crippen LogP contribution in [0.4, 0.5) is 13.2 Å². The standard InChI is InChI=1S/C16H21F3N2O/c1-2-14(15(22)21-10-13-7-4-8-20-13)11-5-3-6-12(9-11)16(17,18)19/h3,5-6,9,13-14,20H,2,4,7-8,10H2,1H3,(H,21,22). The fourth-order valence-corrected chi connectivity index (χ4v) is 2.78. The number of alkyl halides is 3. The highest BCUT2D eigenvalue weighted by molar-refractivity contribution is 5.83. The van der Waals surface area contributed by atoms with Crippen molar-refractivity contribution in [1.82, 2.24) is 10.6 Å². The first-order valence-corrected chi connectivity index (χ1v) is 7.60. The summed E-state index contributed by atoms with van der Waals surface area (Å²) in [5.41, 5.74) is -0.303. The van der Waals surface area contributed by atoms with Crippen molar-refractivity contribution in [2.24, 2.45) is 0 Å². The number of rotatable bonds is 5. The fourth-order valence-electron chi connectivity index (χ4n) is 2.78. The summed E-state index contributed by atoms with van der Waals surface area (Å²) in [5.74, 6) is -0.765. The third-order valence-electron chi connectivity index (χ3n) is 4.03. The SMILES string of the molecule is CCC(C(=O)NCC1CCCN1)c1cccc(C(F)(F)F)c1. The highest BCUT2D eigenvalue weighted by Crippen LogP contribution is 2.31. The summed E-state index contributed by atoms with van der Waals surface area (Å²) in [4.78, 5) is 12.3. The largest absolute Gasteiger partial charge is 0.416 e. The van der Waals surface area contributed by atoms with Crippen LogP contribution in [0.25, 0.3) is 0 Å². The Hall–Kier alpha value is -1.56. The molecule has 22 heavy (non-hydrogen) atoms. The van der Waals surface area contributed by atoms with Crippen LogP contribution in [-0.4, -0.2) is 25.0 Å². The molecule has 1 amide bonds. The second-order valence-corrected chi connectivity index (χ2v) is 5.62. The lowest BCUT2D eigenvalue weighted by atomic mass is 9.94. The molecule has 2 N–H and O–H groups in total. The molecule has 1 fully saturated rings. The summed E-state index contributed by atoms with van der Waals surface area (Å²) in [6.07, 6.45) is -1.82. The van der Waals surface area contributed by atoms with E-state index in [1.165, 1.54) is 6.07 Å². The molecule has 0 radical (unpaired) electrons. The van der Waals surface area contributed by atoms with Gasteiger partial charge >= 0.3 is 6.18 Å². The molecule has 0 bridgehead atoms. The number of carbonyl (C=O) groups excluding carboxylic acids is 1. The van der Waals surface area contributed by atoms with Gasteiger partial charge < -0.3 is 10.6 Å². The lowest BCUT2D eigenvalue weighted by molar-refractivity contribution is -0.137. The van der Waals surface area contributed by atoms with Crippen LogP contribution in [0.5, 0.6) is 0 Å². The molecule has 2 rings (SSSR count). The van der Waals surface area contributed by atoms with Gasteiger partial charge in [0.25, 0.3) is 0 Å². The van der Waals surface area contributed by atoms with Crippen LogP contribution in [-0.2, 0) is 11.0 Å². The summed E-state index contributed by atoms with van der Waals surface area (Å²) in [6.45, 7) is 3.28. The third kappa shape index (κ3) is 4.22. The van der Waals surface area contributed by atoms with Gasteiger partial charge in [-0.3, -0.25) is 4.79 Å². The van der Waals surface area contributed by atoms with E-state index in [9.17, 15) is 18.0 Å². The van der Waals surface area contributed by atoms with Gasteiger partial charge in [0.05, 0.1) is 11.5 Å². The Bertz CT molecular complexity index is 510. The van der Waals surface area contributed by atoms with E-state index in [-0.39, 0.29) is 11.9 Å². The number of nitrogens with one attached hydrogen (secondary N) is 2. The minimum Gasteiger partial charge on any atom is -0.354 e. The normalized spacial score (nSPS) is 19.9. The minimum absolute atomic E-state index is 0.212. The molecule has 1 aliphatic heterocycles. The van der Waals surface area contributed by atoms with E-state index in [1.807, 2.05) is 0 Å². The monoisotopic (exact) mass is 314 g/mol. The Kier molecular flexibility index (Phi) is 5.45. The average Bonchev–Trinajstić information content (AvgIpc) is 2.99. The maximum Gasteiger partial charge on any atom is 0.416 e. The first-order chi connectivity index (χ1) is 10.4. The van der Waals surface area contributed by atoms with E-state index >= 15 is 0 Å². The molecule has 0 saturated carbocycles. The number of hydrogen-bond donors (Lipinski definition) is 2. The van der Waals surface area contributed by atoms with E-state index in [2.05, 4.69) is 10.6 Å². The molecule has 0 aromatic heterocycles. The van der Waals surface area contributed by atoms with E-state index in [0.717, 1.165) is 31.5 Å². The molecule has 1 aromatic rings. The molecule has 0 spiro atoms. The summed E-state index contributed by atoms with van der Waals surface area (Å²) >= 11 is 0. The number of amides is 1. The highest BCUT2D eigenvalue weighted by atomic mass is 19.4. The van der Waals surface area contributed by atoms with Crippen molar-refractivity contribution in [2.45, 2.75) is 44.3 Å². The maximum absolute atomic E-state index is 12.8. The van der Waals surface area contributed by atoms with Crippen molar-refractivity contribution in [1.29, 1.82) is 0 Å². The van der Waals surface area contributed by atoms with Crippen LogP contribution in [0.1, 0.15) is 43.2 Å². The smallest absolute Gasteiger partial charge is 0.354 e. The Morgan fingerprint density at radius 3 is 2.82 bits per heavy atom. The van der Waals surface area contributed by atoms with Crippen molar-refractivity contribution in [3.05, 3.63) is 35.4 Å². The van der Waals surface area contributed by atoms with E-state index in [0.29, 0.717) is 18.5 Å².